The van der Waals surface area contributed by atoms with Crippen LogP contribution in [0.15, 0.2) is 35.9 Å². The Hall–Kier alpha value is -1.57. The molecule has 0 aromatic heterocycles. The second-order valence-corrected chi connectivity index (χ2v) is 3.82. The van der Waals surface area contributed by atoms with Crippen LogP contribution < -0.4 is 0 Å². The fourth-order valence-electron chi connectivity index (χ4n) is 1.90. The third-order valence-electron chi connectivity index (χ3n) is 2.75. The first-order valence-electron chi connectivity index (χ1n) is 5.30. The minimum absolute atomic E-state index is 0.0996. The van der Waals surface area contributed by atoms with E-state index in [0.29, 0.717) is 18.4 Å². The van der Waals surface area contributed by atoms with Gasteiger partial charge in [0.15, 0.2) is 5.78 Å². The zero-order valence-electron chi connectivity index (χ0n) is 8.57. The van der Waals surface area contributed by atoms with Crippen LogP contribution in [-0.4, -0.2) is 10.9 Å². The summed E-state index contributed by atoms with van der Waals surface area (Å²) in [4.78, 5) is 11.6. The summed E-state index contributed by atoms with van der Waals surface area (Å²) in [5.41, 5.74) is 1.34. The van der Waals surface area contributed by atoms with E-state index in [1.807, 2.05) is 30.3 Å². The van der Waals surface area contributed by atoms with Crippen LogP contribution in [0.5, 0.6) is 0 Å². The van der Waals surface area contributed by atoms with E-state index in [2.05, 4.69) is 0 Å². The highest BCUT2D eigenvalue weighted by Crippen LogP contribution is 2.26. The van der Waals surface area contributed by atoms with Crippen LogP contribution in [0, 0.1) is 0 Å². The summed E-state index contributed by atoms with van der Waals surface area (Å²) in [6, 6.07) is 9.26. The van der Waals surface area contributed by atoms with Crippen molar-refractivity contribution in [1.82, 2.24) is 0 Å². The van der Waals surface area contributed by atoms with E-state index in [9.17, 15) is 9.90 Å². The number of ketones is 1. The van der Waals surface area contributed by atoms with Crippen molar-refractivity contribution in [1.29, 1.82) is 0 Å². The van der Waals surface area contributed by atoms with Gasteiger partial charge in [0.2, 0.25) is 0 Å². The van der Waals surface area contributed by atoms with Crippen LogP contribution in [0.4, 0.5) is 0 Å². The highest BCUT2D eigenvalue weighted by Gasteiger charge is 2.19. The van der Waals surface area contributed by atoms with Crippen molar-refractivity contribution in [2.45, 2.75) is 25.7 Å². The molecule has 0 unspecified atom stereocenters. The number of allylic oxidation sites excluding steroid dienone is 1. The predicted molar refractivity (Wildman–Crippen MR) is 59.5 cm³/mol. The van der Waals surface area contributed by atoms with Gasteiger partial charge in [-0.05, 0) is 19.3 Å². The van der Waals surface area contributed by atoms with Gasteiger partial charge in [0, 0.05) is 17.6 Å². The molecule has 0 spiro atoms. The molecule has 1 aliphatic carbocycles. The molecule has 15 heavy (non-hydrogen) atoms. The van der Waals surface area contributed by atoms with Gasteiger partial charge in [-0.1, -0.05) is 30.3 Å². The van der Waals surface area contributed by atoms with Crippen molar-refractivity contribution in [3.05, 3.63) is 41.5 Å². The first kappa shape index (κ1) is 9.97. The molecule has 0 amide bonds. The minimum atomic E-state index is 0.0996. The number of Topliss-reactive ketones (excluding diaryl/α,β-unsaturated/α-hetero) is 1. The number of aliphatic hydroxyl groups excluding tert-OH is 1. The number of carbonyl (C=O) groups excluding carboxylic acids is 1. The Morgan fingerprint density at radius 1 is 1.07 bits per heavy atom. The van der Waals surface area contributed by atoms with E-state index >= 15 is 0 Å². The van der Waals surface area contributed by atoms with Crippen molar-refractivity contribution in [2.75, 3.05) is 0 Å². The minimum Gasteiger partial charge on any atom is -0.507 e. The molecule has 1 saturated carbocycles. The van der Waals surface area contributed by atoms with E-state index in [1.165, 1.54) is 0 Å². The highest BCUT2D eigenvalue weighted by molar-refractivity contribution is 6.01. The van der Waals surface area contributed by atoms with Gasteiger partial charge in [-0.3, -0.25) is 4.79 Å². The summed E-state index contributed by atoms with van der Waals surface area (Å²) < 4.78 is 0. The van der Waals surface area contributed by atoms with Crippen molar-refractivity contribution >= 4 is 11.5 Å². The Kier molecular flexibility index (Phi) is 2.86. The van der Waals surface area contributed by atoms with Gasteiger partial charge in [-0.2, -0.15) is 0 Å². The number of benzene rings is 1. The number of aliphatic hydroxyl groups is 1. The standard InChI is InChI=1S/C13H14O2/c14-12-9-5-4-8-11(12)13(15)10-6-2-1-3-7-10/h1-3,6-7,15H,4-5,8-9H2. The average molecular weight is 202 g/mol. The van der Waals surface area contributed by atoms with Gasteiger partial charge in [0.25, 0.3) is 0 Å². The van der Waals surface area contributed by atoms with Crippen LogP contribution in [0.25, 0.3) is 5.76 Å². The maximum absolute atomic E-state index is 11.6. The summed E-state index contributed by atoms with van der Waals surface area (Å²) in [7, 11) is 0. The molecule has 1 aromatic rings. The van der Waals surface area contributed by atoms with E-state index in [1.54, 1.807) is 0 Å². The van der Waals surface area contributed by atoms with Crippen molar-refractivity contribution in [3.8, 4) is 0 Å². The molecule has 0 saturated heterocycles. The summed E-state index contributed by atoms with van der Waals surface area (Å²) in [5.74, 6) is 0.267. The van der Waals surface area contributed by atoms with Crippen molar-refractivity contribution in [2.24, 2.45) is 0 Å². The average Bonchev–Trinajstić information content (AvgIpc) is 2.30. The van der Waals surface area contributed by atoms with E-state index < -0.39 is 0 Å². The lowest BCUT2D eigenvalue weighted by atomic mass is 9.91. The smallest absolute Gasteiger partial charge is 0.162 e. The fraction of sp³-hybridized carbons (Fsp3) is 0.308. The molecule has 2 heteroatoms. The van der Waals surface area contributed by atoms with E-state index in [0.717, 1.165) is 18.4 Å². The van der Waals surface area contributed by atoms with Gasteiger partial charge in [-0.25, -0.2) is 0 Å². The molecule has 1 aliphatic rings. The Labute approximate surface area is 89.2 Å². The summed E-state index contributed by atoms with van der Waals surface area (Å²) in [5, 5.41) is 9.97. The van der Waals surface area contributed by atoms with Crippen molar-refractivity contribution < 1.29 is 9.90 Å². The second-order valence-electron chi connectivity index (χ2n) is 3.82. The molecule has 1 fully saturated rings. The molecule has 2 rings (SSSR count). The number of hydrogen-bond donors (Lipinski definition) is 1. The first-order valence-corrected chi connectivity index (χ1v) is 5.30. The lowest BCUT2D eigenvalue weighted by Crippen LogP contribution is -2.10. The molecular formula is C13H14O2. The largest absolute Gasteiger partial charge is 0.507 e. The maximum Gasteiger partial charge on any atom is 0.162 e. The van der Waals surface area contributed by atoms with E-state index in [4.69, 9.17) is 0 Å². The predicted octanol–water partition coefficient (Wildman–Crippen LogP) is 3.10. The Bertz CT molecular complexity index is 390. The van der Waals surface area contributed by atoms with Crippen LogP contribution in [-0.2, 0) is 4.79 Å². The molecule has 0 bridgehead atoms. The lowest BCUT2D eigenvalue weighted by Gasteiger charge is -2.14. The zero-order valence-corrected chi connectivity index (χ0v) is 8.57. The number of rotatable bonds is 1. The topological polar surface area (TPSA) is 37.3 Å². The lowest BCUT2D eigenvalue weighted by molar-refractivity contribution is -0.116. The fourth-order valence-corrected chi connectivity index (χ4v) is 1.90. The van der Waals surface area contributed by atoms with E-state index in [-0.39, 0.29) is 11.5 Å². The maximum atomic E-state index is 11.6. The highest BCUT2D eigenvalue weighted by atomic mass is 16.3. The molecule has 0 aliphatic heterocycles. The molecule has 1 aromatic carbocycles. The Morgan fingerprint density at radius 2 is 1.73 bits per heavy atom. The molecule has 0 radical (unpaired) electrons. The number of hydrogen-bond acceptors (Lipinski definition) is 2. The monoisotopic (exact) mass is 202 g/mol. The molecule has 1 N–H and O–H groups in total. The normalized spacial score (nSPS) is 20.1. The van der Waals surface area contributed by atoms with Gasteiger partial charge in [0.05, 0.1) is 0 Å². The first-order chi connectivity index (χ1) is 7.29. The molecule has 0 heterocycles. The Morgan fingerprint density at radius 3 is 2.40 bits per heavy atom. The number of carbonyl (C=O) groups is 1. The molecule has 78 valence electrons. The summed E-state index contributed by atoms with van der Waals surface area (Å²) >= 11 is 0. The zero-order chi connectivity index (χ0) is 10.7. The molecular weight excluding hydrogens is 188 g/mol. The van der Waals surface area contributed by atoms with Crippen LogP contribution >= 0.6 is 0 Å². The molecule has 0 atom stereocenters. The van der Waals surface area contributed by atoms with Gasteiger partial charge >= 0.3 is 0 Å². The van der Waals surface area contributed by atoms with Gasteiger partial charge in [0.1, 0.15) is 5.76 Å². The third-order valence-corrected chi connectivity index (χ3v) is 2.75. The summed E-state index contributed by atoms with van der Waals surface area (Å²) in [6.45, 7) is 0. The Balaban J connectivity index is 2.35. The van der Waals surface area contributed by atoms with Crippen molar-refractivity contribution in [3.63, 3.8) is 0 Å². The van der Waals surface area contributed by atoms with Crippen LogP contribution in [0.1, 0.15) is 31.2 Å². The van der Waals surface area contributed by atoms with Crippen LogP contribution in [0.2, 0.25) is 0 Å². The van der Waals surface area contributed by atoms with Crippen LogP contribution in [0.3, 0.4) is 0 Å². The van der Waals surface area contributed by atoms with Gasteiger partial charge < -0.3 is 5.11 Å². The third kappa shape index (κ3) is 2.09. The quantitative estimate of drug-likeness (QED) is 0.561. The SMILES string of the molecule is O=C1CCCCC1=C(O)c1ccccc1. The molecule has 2 nitrogen and oxygen atoms in total. The second kappa shape index (κ2) is 4.30. The summed E-state index contributed by atoms with van der Waals surface area (Å²) in [6.07, 6.45) is 3.23. The van der Waals surface area contributed by atoms with Gasteiger partial charge in [-0.15, -0.1) is 0 Å².